The van der Waals surface area contributed by atoms with Crippen LogP contribution in [0.3, 0.4) is 0 Å². The van der Waals surface area contributed by atoms with Gasteiger partial charge in [-0.2, -0.15) is 0 Å². The van der Waals surface area contributed by atoms with E-state index in [4.69, 9.17) is 0 Å². The Morgan fingerprint density at radius 2 is 1.31 bits per heavy atom. The molecule has 35 heavy (non-hydrogen) atoms. The van der Waals surface area contributed by atoms with Gasteiger partial charge in [0.25, 0.3) is 0 Å². The van der Waals surface area contributed by atoms with Crippen LogP contribution in [0.4, 0.5) is 17.6 Å². The second-order valence-corrected chi connectivity index (χ2v) is 8.77. The van der Waals surface area contributed by atoms with Crippen LogP contribution >= 0.6 is 0 Å². The van der Waals surface area contributed by atoms with Gasteiger partial charge in [-0.1, -0.05) is 49.8 Å². The average molecular weight is 475 g/mol. The predicted molar refractivity (Wildman–Crippen MR) is 133 cm³/mol. The Balaban J connectivity index is 1.43. The van der Waals surface area contributed by atoms with Gasteiger partial charge in [-0.05, 0) is 96.1 Å². The van der Waals surface area contributed by atoms with E-state index < -0.39 is 17.5 Å². The summed E-state index contributed by atoms with van der Waals surface area (Å²) in [5.41, 5.74) is 2.28. The van der Waals surface area contributed by atoms with Gasteiger partial charge in [-0.15, -0.1) is 0 Å². The van der Waals surface area contributed by atoms with Gasteiger partial charge in [-0.25, -0.2) is 17.6 Å². The minimum Gasteiger partial charge on any atom is -0.207 e. The summed E-state index contributed by atoms with van der Waals surface area (Å²) in [5, 5.41) is 1.62. The van der Waals surface area contributed by atoms with Crippen LogP contribution in [-0.4, -0.2) is 0 Å². The van der Waals surface area contributed by atoms with Gasteiger partial charge in [0.2, 0.25) is 0 Å². The molecule has 4 rings (SSSR count). The Morgan fingerprint density at radius 1 is 0.600 bits per heavy atom. The van der Waals surface area contributed by atoms with Crippen LogP contribution < -0.4 is 0 Å². The number of halogens is 4. The molecule has 178 valence electrons. The van der Waals surface area contributed by atoms with Crippen molar-refractivity contribution in [1.29, 1.82) is 0 Å². The molecule has 0 saturated heterocycles. The van der Waals surface area contributed by atoms with Gasteiger partial charge >= 0.3 is 0 Å². The van der Waals surface area contributed by atoms with Crippen molar-refractivity contribution in [3.8, 4) is 11.8 Å². The van der Waals surface area contributed by atoms with Crippen molar-refractivity contribution in [2.24, 2.45) is 0 Å². The first-order chi connectivity index (χ1) is 16.9. The molecule has 0 unspecified atom stereocenters. The summed E-state index contributed by atoms with van der Waals surface area (Å²) < 4.78 is 57.0. The Morgan fingerprint density at radius 3 is 2.06 bits per heavy atom. The molecule has 0 aliphatic heterocycles. The third-order valence-electron chi connectivity index (χ3n) is 6.11. The first-order valence-corrected chi connectivity index (χ1v) is 11.9. The molecule has 4 heteroatoms. The van der Waals surface area contributed by atoms with E-state index in [1.165, 1.54) is 30.3 Å². The van der Waals surface area contributed by atoms with Crippen LogP contribution in [0.2, 0.25) is 0 Å². The fourth-order valence-electron chi connectivity index (χ4n) is 4.14. The maximum Gasteiger partial charge on any atom is 0.139 e. The molecule has 0 aliphatic carbocycles. The lowest BCUT2D eigenvalue weighted by atomic mass is 9.99. The fraction of sp³-hybridized carbons (Fsp3) is 0.226. The highest BCUT2D eigenvalue weighted by atomic mass is 19.1. The summed E-state index contributed by atoms with van der Waals surface area (Å²) in [5.74, 6) is 3.90. The minimum atomic E-state index is -0.544. The number of rotatable bonds is 7. The molecule has 0 spiro atoms. The van der Waals surface area contributed by atoms with Crippen LogP contribution in [0.5, 0.6) is 0 Å². The highest BCUT2D eigenvalue weighted by Gasteiger charge is 2.12. The molecule has 0 heterocycles. The summed E-state index contributed by atoms with van der Waals surface area (Å²) in [4.78, 5) is 0. The van der Waals surface area contributed by atoms with Crippen molar-refractivity contribution in [1.82, 2.24) is 0 Å². The van der Waals surface area contributed by atoms with Crippen LogP contribution in [-0.2, 0) is 19.3 Å². The number of benzene rings is 4. The monoisotopic (exact) mass is 474 g/mol. The molecule has 0 amide bonds. The quantitative estimate of drug-likeness (QED) is 0.144. The molecule has 0 radical (unpaired) electrons. The van der Waals surface area contributed by atoms with Crippen LogP contribution in [0.15, 0.2) is 66.7 Å². The third-order valence-corrected chi connectivity index (χ3v) is 6.11. The third kappa shape index (κ3) is 6.31. The highest BCUT2D eigenvalue weighted by molar-refractivity contribution is 5.84. The molecule has 0 atom stereocenters. The fourth-order valence-corrected chi connectivity index (χ4v) is 4.14. The SMILES string of the molecule is CCCCCc1cc(F)c(CCc2ccc(C#Cc3ccc4cc(F)ccc4c3)c(F)c2)c(F)c1. The van der Waals surface area contributed by atoms with Gasteiger partial charge in [-0.3, -0.25) is 0 Å². The Hall–Kier alpha value is -3.58. The van der Waals surface area contributed by atoms with E-state index in [-0.39, 0.29) is 23.4 Å². The van der Waals surface area contributed by atoms with E-state index in [0.29, 0.717) is 29.5 Å². The number of aryl methyl sites for hydroxylation is 2. The lowest BCUT2D eigenvalue weighted by Gasteiger charge is -2.09. The smallest absolute Gasteiger partial charge is 0.139 e. The second kappa shape index (κ2) is 11.2. The van der Waals surface area contributed by atoms with Crippen molar-refractivity contribution < 1.29 is 17.6 Å². The zero-order valence-electron chi connectivity index (χ0n) is 19.6. The first kappa shape index (κ1) is 24.5. The van der Waals surface area contributed by atoms with Gasteiger partial charge in [0.1, 0.15) is 23.3 Å². The predicted octanol–water partition coefficient (Wildman–Crippen LogP) is 8.31. The van der Waals surface area contributed by atoms with Gasteiger partial charge in [0.15, 0.2) is 0 Å². The van der Waals surface area contributed by atoms with Gasteiger partial charge in [0.05, 0.1) is 5.56 Å². The van der Waals surface area contributed by atoms with Crippen LogP contribution in [0, 0.1) is 35.1 Å². The summed E-state index contributed by atoms with van der Waals surface area (Å²) in [6.07, 6.45) is 4.11. The van der Waals surface area contributed by atoms with Crippen molar-refractivity contribution in [2.75, 3.05) is 0 Å². The zero-order valence-corrected chi connectivity index (χ0v) is 19.6. The summed E-state index contributed by atoms with van der Waals surface area (Å²) in [6.45, 7) is 2.08. The number of fused-ring (bicyclic) bond motifs is 1. The molecule has 0 N–H and O–H groups in total. The van der Waals surface area contributed by atoms with Crippen molar-refractivity contribution in [3.63, 3.8) is 0 Å². The van der Waals surface area contributed by atoms with E-state index in [1.54, 1.807) is 30.3 Å². The zero-order chi connectivity index (χ0) is 24.8. The molecule has 0 aliphatic rings. The lowest BCUT2D eigenvalue weighted by molar-refractivity contribution is 0.549. The summed E-state index contributed by atoms with van der Waals surface area (Å²) in [6, 6.07) is 17.4. The van der Waals surface area contributed by atoms with Gasteiger partial charge in [0, 0.05) is 11.1 Å². The van der Waals surface area contributed by atoms with E-state index in [0.717, 1.165) is 30.0 Å². The maximum atomic E-state index is 14.6. The lowest BCUT2D eigenvalue weighted by Crippen LogP contribution is -2.02. The molecule has 4 aromatic rings. The topological polar surface area (TPSA) is 0 Å². The van der Waals surface area contributed by atoms with Gasteiger partial charge < -0.3 is 0 Å². The maximum absolute atomic E-state index is 14.6. The Bertz CT molecular complexity index is 1390. The van der Waals surface area contributed by atoms with E-state index >= 15 is 0 Å². The second-order valence-electron chi connectivity index (χ2n) is 8.77. The number of unbranched alkanes of at least 4 members (excludes halogenated alkanes) is 2. The molecule has 0 bridgehead atoms. The Kier molecular flexibility index (Phi) is 7.87. The standard InChI is InChI=1S/C31H26F4/c1-2-3-4-5-23-18-30(34)28(31(35)19-23)15-9-22-7-11-24(29(33)17-22)10-6-21-8-12-26-20-27(32)14-13-25(26)16-21/h7-8,11-14,16-20H,2-5,9,15H2,1H3. The number of hydrogen-bond donors (Lipinski definition) is 0. The van der Waals surface area contributed by atoms with Crippen LogP contribution in [0.1, 0.15) is 54.0 Å². The minimum absolute atomic E-state index is 0.0321. The Labute approximate surface area is 203 Å². The normalized spacial score (nSPS) is 10.9. The van der Waals surface area contributed by atoms with Crippen LogP contribution in [0.25, 0.3) is 10.8 Å². The molecule has 4 aromatic carbocycles. The summed E-state index contributed by atoms with van der Waals surface area (Å²) in [7, 11) is 0. The van der Waals surface area contributed by atoms with Crippen molar-refractivity contribution in [2.45, 2.75) is 45.4 Å². The average Bonchev–Trinajstić information content (AvgIpc) is 2.83. The van der Waals surface area contributed by atoms with E-state index in [2.05, 4.69) is 18.8 Å². The number of hydrogen-bond acceptors (Lipinski definition) is 0. The molecule has 0 aromatic heterocycles. The first-order valence-electron chi connectivity index (χ1n) is 11.9. The van der Waals surface area contributed by atoms with Crippen molar-refractivity contribution >= 4 is 10.8 Å². The largest absolute Gasteiger partial charge is 0.207 e. The molecular formula is C31H26F4. The molecule has 0 saturated carbocycles. The highest BCUT2D eigenvalue weighted by Crippen LogP contribution is 2.21. The summed E-state index contributed by atoms with van der Waals surface area (Å²) >= 11 is 0. The molecule has 0 nitrogen and oxygen atoms in total. The van der Waals surface area contributed by atoms with E-state index in [9.17, 15) is 17.6 Å². The molecular weight excluding hydrogens is 448 g/mol. The molecule has 0 fully saturated rings. The van der Waals surface area contributed by atoms with E-state index in [1.807, 2.05) is 6.07 Å². The van der Waals surface area contributed by atoms with Crippen molar-refractivity contribution in [3.05, 3.63) is 118 Å².